The smallest absolute Gasteiger partial charge is 0.303 e. The van der Waals surface area contributed by atoms with Gasteiger partial charge in [-0.1, -0.05) is 0 Å². The largest absolute Gasteiger partial charge is 0.454 e. The molecule has 0 aromatic rings. The Morgan fingerprint density at radius 3 is 3.00 bits per heavy atom. The van der Waals surface area contributed by atoms with Gasteiger partial charge in [0, 0.05) is 6.92 Å². The first-order chi connectivity index (χ1) is 6.25. The van der Waals surface area contributed by atoms with Crippen LogP contribution in [0.1, 0.15) is 6.92 Å². The first-order valence-corrected chi connectivity index (χ1v) is 4.35. The third-order valence-corrected chi connectivity index (χ3v) is 2.56. The van der Waals surface area contributed by atoms with Crippen molar-refractivity contribution < 1.29 is 23.7 Å². The average Bonchev–Trinajstić information content (AvgIpc) is 2.74. The lowest BCUT2D eigenvalue weighted by Crippen LogP contribution is -2.42. The summed E-state index contributed by atoms with van der Waals surface area (Å²) >= 11 is 0. The predicted molar refractivity (Wildman–Crippen MR) is 38.8 cm³/mol. The monoisotopic (exact) mass is 186 g/mol. The lowest BCUT2D eigenvalue weighted by molar-refractivity contribution is -0.181. The van der Waals surface area contributed by atoms with Gasteiger partial charge in [-0.25, -0.2) is 0 Å². The van der Waals surface area contributed by atoms with E-state index in [-0.39, 0.29) is 30.4 Å². The van der Waals surface area contributed by atoms with E-state index < -0.39 is 6.29 Å². The number of carbonyl (C=O) groups is 1. The number of ether oxygens (including phenoxy) is 4. The molecule has 0 aliphatic carbocycles. The third-order valence-electron chi connectivity index (χ3n) is 2.56. The highest BCUT2D eigenvalue weighted by Crippen LogP contribution is 2.42. The molecule has 0 N–H and O–H groups in total. The Kier molecular flexibility index (Phi) is 1.45. The molecule has 3 heterocycles. The zero-order chi connectivity index (χ0) is 9.00. The minimum Gasteiger partial charge on any atom is -0.454 e. The van der Waals surface area contributed by atoms with Crippen molar-refractivity contribution in [2.75, 3.05) is 6.61 Å². The molecular formula is C8H10O5. The van der Waals surface area contributed by atoms with Crippen LogP contribution in [0.25, 0.3) is 0 Å². The Bertz CT molecular complexity index is 253. The molecule has 0 aromatic carbocycles. The maximum Gasteiger partial charge on any atom is 0.303 e. The maximum atomic E-state index is 10.8. The summed E-state index contributed by atoms with van der Waals surface area (Å²) in [7, 11) is 0. The van der Waals surface area contributed by atoms with Crippen LogP contribution in [0, 0.1) is 0 Å². The van der Waals surface area contributed by atoms with E-state index >= 15 is 0 Å². The number of carbonyl (C=O) groups excluding carboxylic acids is 1. The molecule has 72 valence electrons. The van der Waals surface area contributed by atoms with Crippen LogP contribution in [0.3, 0.4) is 0 Å². The van der Waals surface area contributed by atoms with Crippen molar-refractivity contribution in [3.8, 4) is 0 Å². The van der Waals surface area contributed by atoms with Crippen LogP contribution in [0.5, 0.6) is 0 Å². The summed E-state index contributed by atoms with van der Waals surface area (Å²) in [6, 6.07) is 0. The Morgan fingerprint density at radius 1 is 1.38 bits per heavy atom. The zero-order valence-electron chi connectivity index (χ0n) is 7.14. The van der Waals surface area contributed by atoms with Crippen LogP contribution < -0.4 is 0 Å². The predicted octanol–water partition coefficient (Wildman–Crippen LogP) is -0.559. The van der Waals surface area contributed by atoms with E-state index in [1.54, 1.807) is 0 Å². The summed E-state index contributed by atoms with van der Waals surface area (Å²) in [5.41, 5.74) is 0. The fourth-order valence-corrected chi connectivity index (χ4v) is 1.95. The molecule has 5 heteroatoms. The van der Waals surface area contributed by atoms with E-state index in [1.807, 2.05) is 0 Å². The molecule has 0 amide bonds. The Hall–Kier alpha value is -0.650. The van der Waals surface area contributed by atoms with Gasteiger partial charge in [0.15, 0.2) is 12.4 Å². The number of hydrogen-bond acceptors (Lipinski definition) is 5. The molecule has 0 spiro atoms. The minimum atomic E-state index is -0.419. The van der Waals surface area contributed by atoms with Crippen LogP contribution in [-0.2, 0) is 23.7 Å². The van der Waals surface area contributed by atoms with Gasteiger partial charge in [-0.15, -0.1) is 0 Å². The molecule has 3 rings (SSSR count). The molecule has 13 heavy (non-hydrogen) atoms. The first-order valence-electron chi connectivity index (χ1n) is 4.35. The standard InChI is InChI=1S/C8H10O5/c1-3(9)11-7-6-5(13-6)4-2-10-8(7)12-4/h4-8H,2H2,1H3/t4-,5-,6-,7-,8-/m1/s1. The third kappa shape index (κ3) is 1.08. The second-order valence-electron chi connectivity index (χ2n) is 3.52. The molecular weight excluding hydrogens is 176 g/mol. The second-order valence-corrected chi connectivity index (χ2v) is 3.52. The molecule has 3 saturated heterocycles. The quantitative estimate of drug-likeness (QED) is 0.406. The van der Waals surface area contributed by atoms with E-state index in [9.17, 15) is 4.79 Å². The van der Waals surface area contributed by atoms with Crippen molar-refractivity contribution in [2.45, 2.75) is 37.6 Å². The highest BCUT2D eigenvalue weighted by Gasteiger charge is 2.62. The number of esters is 1. The highest BCUT2D eigenvalue weighted by atomic mass is 16.8. The molecule has 3 aliphatic heterocycles. The summed E-state index contributed by atoms with van der Waals surface area (Å²) in [6.07, 6.45) is -0.682. The van der Waals surface area contributed by atoms with Gasteiger partial charge in [0.1, 0.15) is 18.3 Å². The van der Waals surface area contributed by atoms with Crippen LogP contribution >= 0.6 is 0 Å². The number of epoxide rings is 1. The number of fused-ring (bicyclic) bond motifs is 4. The van der Waals surface area contributed by atoms with Crippen molar-refractivity contribution >= 4 is 5.97 Å². The molecule has 3 aliphatic rings. The Morgan fingerprint density at radius 2 is 2.23 bits per heavy atom. The number of hydrogen-bond donors (Lipinski definition) is 0. The van der Waals surface area contributed by atoms with Gasteiger partial charge >= 0.3 is 5.97 Å². The molecule has 0 saturated carbocycles. The van der Waals surface area contributed by atoms with Crippen molar-refractivity contribution in [3.63, 3.8) is 0 Å². The van der Waals surface area contributed by atoms with Gasteiger partial charge in [0.2, 0.25) is 0 Å². The van der Waals surface area contributed by atoms with Crippen LogP contribution in [0.2, 0.25) is 0 Å². The average molecular weight is 186 g/mol. The molecule has 2 bridgehead atoms. The summed E-state index contributed by atoms with van der Waals surface area (Å²) < 4.78 is 21.2. The summed E-state index contributed by atoms with van der Waals surface area (Å²) in [6.45, 7) is 1.92. The van der Waals surface area contributed by atoms with Crippen LogP contribution in [0.4, 0.5) is 0 Å². The van der Waals surface area contributed by atoms with Crippen molar-refractivity contribution in [1.29, 1.82) is 0 Å². The van der Waals surface area contributed by atoms with E-state index in [0.29, 0.717) is 6.61 Å². The molecule has 5 atom stereocenters. The van der Waals surface area contributed by atoms with Gasteiger partial charge in [-0.2, -0.15) is 0 Å². The van der Waals surface area contributed by atoms with Crippen molar-refractivity contribution in [3.05, 3.63) is 0 Å². The van der Waals surface area contributed by atoms with E-state index in [2.05, 4.69) is 0 Å². The Labute approximate surface area is 74.9 Å². The minimum absolute atomic E-state index is 0.00449. The van der Waals surface area contributed by atoms with Crippen LogP contribution in [0.15, 0.2) is 0 Å². The van der Waals surface area contributed by atoms with Gasteiger partial charge in [0.25, 0.3) is 0 Å². The fourth-order valence-electron chi connectivity index (χ4n) is 1.95. The molecule has 0 aromatic heterocycles. The zero-order valence-corrected chi connectivity index (χ0v) is 7.14. The normalized spacial score (nSPS) is 51.3. The highest BCUT2D eigenvalue weighted by molar-refractivity contribution is 5.66. The van der Waals surface area contributed by atoms with Gasteiger partial charge in [-0.3, -0.25) is 4.79 Å². The second kappa shape index (κ2) is 2.43. The summed E-state index contributed by atoms with van der Waals surface area (Å²) in [5, 5.41) is 0. The maximum absolute atomic E-state index is 10.8. The molecule has 3 fully saturated rings. The lowest BCUT2D eigenvalue weighted by atomic mass is 10.1. The van der Waals surface area contributed by atoms with E-state index in [4.69, 9.17) is 18.9 Å². The summed E-state index contributed by atoms with van der Waals surface area (Å²) in [5.74, 6) is -0.322. The van der Waals surface area contributed by atoms with Crippen molar-refractivity contribution in [2.24, 2.45) is 0 Å². The van der Waals surface area contributed by atoms with Crippen molar-refractivity contribution in [1.82, 2.24) is 0 Å². The fraction of sp³-hybridized carbons (Fsp3) is 0.875. The molecule has 0 unspecified atom stereocenters. The first kappa shape index (κ1) is 7.73. The summed E-state index contributed by atoms with van der Waals surface area (Å²) in [4.78, 5) is 10.8. The van der Waals surface area contributed by atoms with Gasteiger partial charge < -0.3 is 18.9 Å². The Balaban J connectivity index is 1.76. The van der Waals surface area contributed by atoms with E-state index in [0.717, 1.165) is 0 Å². The van der Waals surface area contributed by atoms with Crippen LogP contribution in [-0.4, -0.2) is 43.3 Å². The topological polar surface area (TPSA) is 57.3 Å². The SMILES string of the molecule is CC(=O)O[C@H]1[C@@H]2OC[C@@H](O2)[C@H]2O[C@@H]12. The lowest BCUT2D eigenvalue weighted by Gasteiger charge is -2.23. The molecule has 5 nitrogen and oxygen atoms in total. The van der Waals surface area contributed by atoms with Gasteiger partial charge in [-0.05, 0) is 0 Å². The van der Waals surface area contributed by atoms with Gasteiger partial charge in [0.05, 0.1) is 6.61 Å². The number of rotatable bonds is 1. The van der Waals surface area contributed by atoms with E-state index in [1.165, 1.54) is 6.92 Å². The molecule has 0 radical (unpaired) electrons.